The third kappa shape index (κ3) is 20.1. The Kier molecular flexibility index (Phi) is 22.8. The Labute approximate surface area is 258 Å². The van der Waals surface area contributed by atoms with E-state index < -0.39 is 5.97 Å². The minimum Gasteiger partial charge on any atom is -0.498 e. The molecule has 0 amide bonds. The van der Waals surface area contributed by atoms with Crippen LogP contribution in [0.15, 0.2) is 67.2 Å². The number of esters is 2. The van der Waals surface area contributed by atoms with Gasteiger partial charge in [-0.3, -0.25) is 4.79 Å². The Hall–Kier alpha value is -3.52. The summed E-state index contributed by atoms with van der Waals surface area (Å²) >= 11 is 0. The molecule has 0 unspecified atom stereocenters. The van der Waals surface area contributed by atoms with Crippen molar-refractivity contribution in [2.24, 2.45) is 0 Å². The van der Waals surface area contributed by atoms with E-state index >= 15 is 0 Å². The molecule has 0 saturated heterocycles. The van der Waals surface area contributed by atoms with Crippen LogP contribution in [0.5, 0.6) is 11.5 Å². The van der Waals surface area contributed by atoms with E-state index in [9.17, 15) is 9.59 Å². The summed E-state index contributed by atoms with van der Waals surface area (Å²) in [5.74, 6) is 1.06. The van der Waals surface area contributed by atoms with Gasteiger partial charge in [0.2, 0.25) is 0 Å². The zero-order valence-corrected chi connectivity index (χ0v) is 26.5. The highest BCUT2D eigenvalue weighted by Crippen LogP contribution is 2.25. The topological polar surface area (TPSA) is 89.5 Å². The van der Waals surface area contributed by atoms with Crippen LogP contribution < -0.4 is 9.47 Å². The predicted molar refractivity (Wildman–Crippen MR) is 170 cm³/mol. The number of unbranched alkanes of at least 4 members (excludes halogenated alkanes) is 8. The maximum absolute atomic E-state index is 12.4. The van der Waals surface area contributed by atoms with Crippen LogP contribution in [0.2, 0.25) is 0 Å². The standard InChI is InChI=1S/C35H52O8/c1-5-8-9-10-12-15-24-40-29-30-28-32(22-23-33(30)38-4)43-35(37)21-17-19-31(18-6-2)41-25-16-13-11-14-20-34(36)42-27-26-39-7-3/h6-7,17-19,21-23,28H,3,5,8-16,20,24-27,29H2,1-2,4H3/b18-6-,21-17+,31-19+. The maximum Gasteiger partial charge on any atom is 0.336 e. The van der Waals surface area contributed by atoms with Gasteiger partial charge in [-0.1, -0.05) is 70.6 Å². The van der Waals surface area contributed by atoms with Gasteiger partial charge in [-0.05, 0) is 56.5 Å². The number of benzene rings is 1. The number of ether oxygens (including phenoxy) is 6. The molecule has 0 aromatic heterocycles. The quantitative estimate of drug-likeness (QED) is 0.0263. The molecule has 8 nitrogen and oxygen atoms in total. The van der Waals surface area contributed by atoms with Gasteiger partial charge in [0, 0.05) is 24.7 Å². The Morgan fingerprint density at radius 1 is 0.860 bits per heavy atom. The molecule has 0 spiro atoms. The van der Waals surface area contributed by atoms with Crippen LogP contribution in [-0.2, 0) is 35.1 Å². The largest absolute Gasteiger partial charge is 0.498 e. The fraction of sp³-hybridized carbons (Fsp3) is 0.543. The molecule has 240 valence electrons. The summed E-state index contributed by atoms with van der Waals surface area (Å²) in [7, 11) is 1.61. The van der Waals surface area contributed by atoms with E-state index in [0.717, 1.165) is 37.7 Å². The Bertz CT molecular complexity index is 996. The van der Waals surface area contributed by atoms with Gasteiger partial charge in [-0.2, -0.15) is 0 Å². The lowest BCUT2D eigenvalue weighted by Crippen LogP contribution is -2.09. The minimum atomic E-state index is -0.494. The Morgan fingerprint density at radius 2 is 1.60 bits per heavy atom. The van der Waals surface area contributed by atoms with E-state index in [2.05, 4.69) is 13.5 Å². The van der Waals surface area contributed by atoms with Crippen LogP contribution in [0.25, 0.3) is 0 Å². The fourth-order valence-corrected chi connectivity index (χ4v) is 4.06. The first-order valence-corrected chi connectivity index (χ1v) is 15.5. The SMILES string of the molecule is C=COCCOC(=O)CCCCCCOC(/C=C\C)=C/C=C/C(=O)Oc1ccc(OC)c(COCCCCCCCC)c1. The number of hydrogen-bond acceptors (Lipinski definition) is 8. The van der Waals surface area contributed by atoms with Gasteiger partial charge < -0.3 is 28.4 Å². The van der Waals surface area contributed by atoms with Gasteiger partial charge in [0.1, 0.15) is 30.5 Å². The van der Waals surface area contributed by atoms with Crippen molar-refractivity contribution in [1.29, 1.82) is 0 Å². The summed E-state index contributed by atoms with van der Waals surface area (Å²) in [5.41, 5.74) is 0.834. The summed E-state index contributed by atoms with van der Waals surface area (Å²) in [4.78, 5) is 24.1. The van der Waals surface area contributed by atoms with Gasteiger partial charge in [0.05, 0.1) is 26.6 Å². The van der Waals surface area contributed by atoms with E-state index in [1.165, 1.54) is 44.4 Å². The van der Waals surface area contributed by atoms with Crippen molar-refractivity contribution in [1.82, 2.24) is 0 Å². The number of allylic oxidation sites excluding steroid dienone is 4. The van der Waals surface area contributed by atoms with Crippen molar-refractivity contribution in [3.8, 4) is 11.5 Å². The van der Waals surface area contributed by atoms with Gasteiger partial charge in [0.15, 0.2) is 0 Å². The summed E-state index contributed by atoms with van der Waals surface area (Å²) in [5, 5.41) is 0. The molecule has 0 atom stereocenters. The van der Waals surface area contributed by atoms with Crippen LogP contribution in [-0.4, -0.2) is 45.5 Å². The molecule has 8 heteroatoms. The van der Waals surface area contributed by atoms with Gasteiger partial charge in [-0.15, -0.1) is 0 Å². The summed E-state index contributed by atoms with van der Waals surface area (Å²) in [6.45, 7) is 9.73. The smallest absolute Gasteiger partial charge is 0.336 e. The molecule has 0 aliphatic heterocycles. The normalized spacial score (nSPS) is 11.6. The van der Waals surface area contributed by atoms with Crippen molar-refractivity contribution >= 4 is 11.9 Å². The number of rotatable bonds is 26. The minimum absolute atomic E-state index is 0.215. The summed E-state index contributed by atoms with van der Waals surface area (Å²) in [6.07, 6.45) is 20.8. The van der Waals surface area contributed by atoms with Gasteiger partial charge >= 0.3 is 11.9 Å². The zero-order valence-electron chi connectivity index (χ0n) is 26.5. The Balaban J connectivity index is 2.40. The van der Waals surface area contributed by atoms with E-state index in [0.29, 0.717) is 50.1 Å². The molecule has 0 radical (unpaired) electrons. The number of methoxy groups -OCH3 is 1. The molecule has 1 aromatic carbocycles. The second kappa shape index (κ2) is 26.1. The van der Waals surface area contributed by atoms with Crippen LogP contribution in [0, 0.1) is 0 Å². The zero-order chi connectivity index (χ0) is 31.4. The molecular formula is C35H52O8. The summed E-state index contributed by atoms with van der Waals surface area (Å²) in [6, 6.07) is 5.26. The van der Waals surface area contributed by atoms with Crippen molar-refractivity contribution in [2.75, 3.05) is 33.5 Å². The number of carbonyl (C=O) groups is 2. The molecule has 0 N–H and O–H groups in total. The van der Waals surface area contributed by atoms with Crippen LogP contribution in [0.1, 0.15) is 90.0 Å². The van der Waals surface area contributed by atoms with Gasteiger partial charge in [-0.25, -0.2) is 4.79 Å². The maximum atomic E-state index is 12.4. The van der Waals surface area contributed by atoms with E-state index in [1.807, 2.05) is 19.1 Å². The number of hydrogen-bond donors (Lipinski definition) is 0. The van der Waals surface area contributed by atoms with Crippen LogP contribution in [0.3, 0.4) is 0 Å². The molecule has 0 fully saturated rings. The lowest BCUT2D eigenvalue weighted by molar-refractivity contribution is -0.144. The molecule has 1 rings (SSSR count). The van der Waals surface area contributed by atoms with Crippen LogP contribution >= 0.6 is 0 Å². The van der Waals surface area contributed by atoms with E-state index in [4.69, 9.17) is 28.4 Å². The van der Waals surface area contributed by atoms with Crippen LogP contribution in [0.4, 0.5) is 0 Å². The third-order valence-corrected chi connectivity index (χ3v) is 6.32. The first-order chi connectivity index (χ1) is 21.0. The van der Waals surface area contributed by atoms with Crippen molar-refractivity contribution in [2.45, 2.75) is 91.1 Å². The number of carbonyl (C=O) groups excluding carboxylic acids is 2. The summed E-state index contributed by atoms with van der Waals surface area (Å²) < 4.78 is 32.6. The van der Waals surface area contributed by atoms with Gasteiger partial charge in [0.25, 0.3) is 0 Å². The predicted octanol–water partition coefficient (Wildman–Crippen LogP) is 8.16. The van der Waals surface area contributed by atoms with E-state index in [1.54, 1.807) is 37.5 Å². The molecule has 1 aromatic rings. The molecule has 0 aliphatic rings. The lowest BCUT2D eigenvalue weighted by Gasteiger charge is -2.11. The highest BCUT2D eigenvalue weighted by molar-refractivity contribution is 5.84. The van der Waals surface area contributed by atoms with Crippen molar-refractivity contribution < 1.29 is 38.0 Å². The molecule has 0 bridgehead atoms. The highest BCUT2D eigenvalue weighted by Gasteiger charge is 2.08. The van der Waals surface area contributed by atoms with E-state index in [-0.39, 0.29) is 12.6 Å². The monoisotopic (exact) mass is 600 g/mol. The molecule has 0 heterocycles. The average molecular weight is 601 g/mol. The lowest BCUT2D eigenvalue weighted by atomic mass is 10.1. The average Bonchev–Trinajstić information content (AvgIpc) is 3.00. The van der Waals surface area contributed by atoms with Crippen molar-refractivity contribution in [3.05, 3.63) is 72.7 Å². The molecule has 43 heavy (non-hydrogen) atoms. The third-order valence-electron chi connectivity index (χ3n) is 6.32. The molecular weight excluding hydrogens is 548 g/mol. The second-order valence-electron chi connectivity index (χ2n) is 9.91. The second-order valence-corrected chi connectivity index (χ2v) is 9.91. The fourth-order valence-electron chi connectivity index (χ4n) is 4.06. The Morgan fingerprint density at radius 3 is 2.35 bits per heavy atom. The molecule has 0 aliphatic carbocycles. The van der Waals surface area contributed by atoms with Crippen molar-refractivity contribution in [3.63, 3.8) is 0 Å². The first-order valence-electron chi connectivity index (χ1n) is 15.5. The molecule has 0 saturated carbocycles. The highest BCUT2D eigenvalue weighted by atomic mass is 16.6. The first kappa shape index (κ1) is 37.5.